The molecular formula is C12H14ClN3. The second kappa shape index (κ2) is 3.92. The van der Waals surface area contributed by atoms with Crippen molar-refractivity contribution in [1.82, 2.24) is 4.98 Å². The molecule has 2 rings (SSSR count). The number of nitrogens with zero attached hydrogens (tertiary/aromatic N) is 1. The van der Waals surface area contributed by atoms with Crippen molar-refractivity contribution < 1.29 is 0 Å². The first kappa shape index (κ1) is 11.2. The Morgan fingerprint density at radius 1 is 1.25 bits per heavy atom. The number of rotatable bonds is 1. The summed E-state index contributed by atoms with van der Waals surface area (Å²) in [4.78, 5) is 4.57. The molecule has 1 aromatic heterocycles. The molecular weight excluding hydrogens is 222 g/mol. The van der Waals surface area contributed by atoms with E-state index in [1.165, 1.54) is 0 Å². The Hall–Kier alpha value is -1.32. The first-order valence-corrected chi connectivity index (χ1v) is 5.46. The molecule has 0 fully saturated rings. The molecule has 0 aliphatic carbocycles. The lowest BCUT2D eigenvalue weighted by Crippen LogP contribution is -2.10. The number of benzene rings is 1. The minimum absolute atomic E-state index is 0.701. The summed E-state index contributed by atoms with van der Waals surface area (Å²) in [6, 6.07) is 3.80. The van der Waals surface area contributed by atoms with Crippen molar-refractivity contribution in [2.45, 2.75) is 20.8 Å². The molecule has 0 atom stereocenters. The third kappa shape index (κ3) is 1.62. The van der Waals surface area contributed by atoms with Crippen LogP contribution >= 0.6 is 11.6 Å². The van der Waals surface area contributed by atoms with E-state index in [0.717, 1.165) is 33.4 Å². The zero-order valence-corrected chi connectivity index (χ0v) is 10.3. The molecule has 1 heterocycles. The quantitative estimate of drug-likeness (QED) is 0.590. The highest BCUT2D eigenvalue weighted by Gasteiger charge is 2.10. The largest absolute Gasteiger partial charge is 0.323 e. The van der Waals surface area contributed by atoms with Gasteiger partial charge in [0.15, 0.2) is 0 Å². The number of anilines is 1. The van der Waals surface area contributed by atoms with E-state index in [9.17, 15) is 0 Å². The Kier molecular flexibility index (Phi) is 2.74. The number of nitrogens with two attached hydrogens (primary N) is 1. The topological polar surface area (TPSA) is 50.9 Å². The van der Waals surface area contributed by atoms with Crippen molar-refractivity contribution in [3.8, 4) is 0 Å². The molecule has 3 N–H and O–H groups in total. The van der Waals surface area contributed by atoms with E-state index < -0.39 is 0 Å². The maximum absolute atomic E-state index is 6.05. The van der Waals surface area contributed by atoms with Crippen LogP contribution < -0.4 is 11.3 Å². The smallest absolute Gasteiger partial charge is 0.0756 e. The summed E-state index contributed by atoms with van der Waals surface area (Å²) in [6.45, 7) is 5.97. The number of hydrazine groups is 1. The van der Waals surface area contributed by atoms with Gasteiger partial charge in [0.2, 0.25) is 0 Å². The average molecular weight is 236 g/mol. The van der Waals surface area contributed by atoms with E-state index in [2.05, 4.69) is 10.4 Å². The van der Waals surface area contributed by atoms with Gasteiger partial charge < -0.3 is 5.43 Å². The van der Waals surface area contributed by atoms with Crippen molar-refractivity contribution in [1.29, 1.82) is 0 Å². The predicted molar refractivity (Wildman–Crippen MR) is 68.8 cm³/mol. The fourth-order valence-electron chi connectivity index (χ4n) is 1.89. The van der Waals surface area contributed by atoms with Gasteiger partial charge in [-0.3, -0.25) is 10.8 Å². The number of hydrogen-bond donors (Lipinski definition) is 2. The van der Waals surface area contributed by atoms with Crippen LogP contribution in [0.1, 0.15) is 16.8 Å². The Balaban J connectivity index is 2.96. The van der Waals surface area contributed by atoms with E-state index in [1.807, 2.05) is 32.9 Å². The fraction of sp³-hybridized carbons (Fsp3) is 0.250. The minimum Gasteiger partial charge on any atom is -0.323 e. The van der Waals surface area contributed by atoms with Crippen LogP contribution in [0.2, 0.25) is 5.02 Å². The van der Waals surface area contributed by atoms with Crippen LogP contribution in [0.4, 0.5) is 5.69 Å². The normalized spacial score (nSPS) is 10.8. The van der Waals surface area contributed by atoms with Gasteiger partial charge in [-0.2, -0.15) is 0 Å². The molecule has 1 aromatic carbocycles. The van der Waals surface area contributed by atoms with E-state index in [4.69, 9.17) is 17.4 Å². The van der Waals surface area contributed by atoms with Crippen molar-refractivity contribution in [2.75, 3.05) is 5.43 Å². The standard InChI is InChI=1S/C12H14ClN3/c1-6-4-9(13)5-10-11(6)15-8(3)7(2)12(10)16-14/h4-5H,14H2,1-3H3,(H,15,16). The number of halogens is 1. The van der Waals surface area contributed by atoms with E-state index >= 15 is 0 Å². The fourth-order valence-corrected chi connectivity index (χ4v) is 2.17. The third-order valence-electron chi connectivity index (χ3n) is 2.88. The van der Waals surface area contributed by atoms with Crippen molar-refractivity contribution in [3.63, 3.8) is 0 Å². The number of nitrogen functional groups attached to an aromatic ring is 1. The molecule has 0 saturated heterocycles. The first-order chi connectivity index (χ1) is 7.54. The van der Waals surface area contributed by atoms with Gasteiger partial charge in [-0.05, 0) is 44.0 Å². The number of hydrogen-bond acceptors (Lipinski definition) is 3. The van der Waals surface area contributed by atoms with Crippen LogP contribution in [0.25, 0.3) is 10.9 Å². The Morgan fingerprint density at radius 3 is 2.56 bits per heavy atom. The molecule has 2 aromatic rings. The summed E-state index contributed by atoms with van der Waals surface area (Å²) in [6.07, 6.45) is 0. The Morgan fingerprint density at radius 2 is 1.94 bits per heavy atom. The van der Waals surface area contributed by atoms with Crippen LogP contribution in [-0.2, 0) is 0 Å². The molecule has 0 radical (unpaired) electrons. The Labute approximate surface area is 99.6 Å². The lowest BCUT2D eigenvalue weighted by molar-refractivity contribution is 1.17. The summed E-state index contributed by atoms with van der Waals surface area (Å²) < 4.78 is 0. The number of pyridine rings is 1. The monoisotopic (exact) mass is 235 g/mol. The van der Waals surface area contributed by atoms with Gasteiger partial charge in [-0.15, -0.1) is 0 Å². The third-order valence-corrected chi connectivity index (χ3v) is 3.09. The second-order valence-corrected chi connectivity index (χ2v) is 4.40. The van der Waals surface area contributed by atoms with Gasteiger partial charge in [0, 0.05) is 16.1 Å². The van der Waals surface area contributed by atoms with Gasteiger partial charge >= 0.3 is 0 Å². The lowest BCUT2D eigenvalue weighted by atomic mass is 10.0. The van der Waals surface area contributed by atoms with Crippen LogP contribution in [0.5, 0.6) is 0 Å². The predicted octanol–water partition coefficient (Wildman–Crippen LogP) is 3.10. The summed E-state index contributed by atoms with van der Waals surface area (Å²) in [5.41, 5.74) is 7.66. The SMILES string of the molecule is Cc1nc2c(C)cc(Cl)cc2c(NN)c1C. The maximum atomic E-state index is 6.05. The molecule has 4 heteroatoms. The van der Waals surface area contributed by atoms with Gasteiger partial charge in [-0.1, -0.05) is 11.6 Å². The molecule has 84 valence electrons. The first-order valence-electron chi connectivity index (χ1n) is 5.08. The van der Waals surface area contributed by atoms with Crippen molar-refractivity contribution >= 4 is 28.2 Å². The summed E-state index contributed by atoms with van der Waals surface area (Å²) >= 11 is 6.05. The second-order valence-electron chi connectivity index (χ2n) is 3.96. The van der Waals surface area contributed by atoms with Crippen molar-refractivity contribution in [3.05, 3.63) is 34.0 Å². The van der Waals surface area contributed by atoms with Crippen LogP contribution in [-0.4, -0.2) is 4.98 Å². The molecule has 0 saturated carbocycles. The zero-order valence-electron chi connectivity index (χ0n) is 9.56. The number of aryl methyl sites for hydroxylation is 2. The summed E-state index contributed by atoms with van der Waals surface area (Å²) in [5, 5.41) is 1.67. The van der Waals surface area contributed by atoms with Gasteiger partial charge in [0.05, 0.1) is 11.2 Å². The molecule has 0 unspecified atom stereocenters. The molecule has 0 amide bonds. The van der Waals surface area contributed by atoms with Crippen molar-refractivity contribution in [2.24, 2.45) is 5.84 Å². The number of fused-ring (bicyclic) bond motifs is 1. The molecule has 16 heavy (non-hydrogen) atoms. The van der Waals surface area contributed by atoms with Gasteiger partial charge in [0.25, 0.3) is 0 Å². The van der Waals surface area contributed by atoms with Crippen LogP contribution in [0, 0.1) is 20.8 Å². The average Bonchev–Trinajstić information content (AvgIpc) is 2.22. The van der Waals surface area contributed by atoms with Crippen LogP contribution in [0.3, 0.4) is 0 Å². The minimum atomic E-state index is 0.701. The number of nitrogens with one attached hydrogen (secondary N) is 1. The summed E-state index contributed by atoms with van der Waals surface area (Å²) in [7, 11) is 0. The highest BCUT2D eigenvalue weighted by molar-refractivity contribution is 6.31. The van der Waals surface area contributed by atoms with E-state index in [0.29, 0.717) is 5.02 Å². The van der Waals surface area contributed by atoms with Gasteiger partial charge in [0.1, 0.15) is 0 Å². The molecule has 3 nitrogen and oxygen atoms in total. The molecule has 0 aliphatic heterocycles. The van der Waals surface area contributed by atoms with Crippen LogP contribution in [0.15, 0.2) is 12.1 Å². The zero-order chi connectivity index (χ0) is 11.9. The molecule has 0 bridgehead atoms. The molecule has 0 aliphatic rings. The Bertz CT molecular complexity index is 564. The van der Waals surface area contributed by atoms with Gasteiger partial charge in [-0.25, -0.2) is 0 Å². The lowest BCUT2D eigenvalue weighted by Gasteiger charge is -2.13. The summed E-state index contributed by atoms with van der Waals surface area (Å²) in [5.74, 6) is 5.56. The van der Waals surface area contributed by atoms with E-state index in [-0.39, 0.29) is 0 Å². The maximum Gasteiger partial charge on any atom is 0.0756 e. The molecule has 0 spiro atoms. The number of aromatic nitrogens is 1. The highest BCUT2D eigenvalue weighted by Crippen LogP contribution is 2.31. The van der Waals surface area contributed by atoms with E-state index in [1.54, 1.807) is 0 Å². The highest BCUT2D eigenvalue weighted by atomic mass is 35.5.